The van der Waals surface area contributed by atoms with Crippen LogP contribution in [0.4, 0.5) is 0 Å². The first-order valence-corrected chi connectivity index (χ1v) is 17.2. The molecule has 1 fully saturated rings. The van der Waals surface area contributed by atoms with E-state index in [2.05, 4.69) is 20.8 Å². The summed E-state index contributed by atoms with van der Waals surface area (Å²) in [6.07, 6.45) is -6.75. The van der Waals surface area contributed by atoms with E-state index in [0.29, 0.717) is 0 Å². The van der Waals surface area contributed by atoms with Crippen molar-refractivity contribution < 1.29 is 42.9 Å². The molecule has 1 N–H and O–H groups in total. The number of benzene rings is 2. The minimum Gasteiger partial charge on any atom is -0.455 e. The lowest BCUT2D eigenvalue weighted by atomic mass is 9.97. The van der Waals surface area contributed by atoms with Crippen LogP contribution in [0, 0.1) is 17.8 Å². The van der Waals surface area contributed by atoms with E-state index in [1.807, 2.05) is 60.7 Å². The van der Waals surface area contributed by atoms with Crippen molar-refractivity contribution >= 4 is 36.6 Å². The first kappa shape index (κ1) is 35.4. The number of carbonyl (C=O) groups is 3. The summed E-state index contributed by atoms with van der Waals surface area (Å²) < 4.78 is 30.4. The molecule has 0 saturated carbocycles. The molecule has 2 aromatic carbocycles. The molecule has 10 heteroatoms. The van der Waals surface area contributed by atoms with E-state index >= 15 is 0 Å². The first-order valence-electron chi connectivity index (χ1n) is 15.3. The second kappa shape index (κ2) is 14.8. The second-order valence-corrected chi connectivity index (χ2v) is 17.5. The zero-order valence-electron chi connectivity index (χ0n) is 27.3. The fraction of sp³-hybridized carbons (Fsp3) is 0.559. The smallest absolute Gasteiger partial charge is 0.308 e. The summed E-state index contributed by atoms with van der Waals surface area (Å²) in [5.41, 5.74) is 0. The van der Waals surface area contributed by atoms with E-state index in [9.17, 15) is 19.5 Å². The number of ether oxygens (including phenoxy) is 4. The van der Waals surface area contributed by atoms with Crippen LogP contribution >= 0.6 is 0 Å². The highest BCUT2D eigenvalue weighted by molar-refractivity contribution is 6.99. The monoisotopic (exact) mass is 628 g/mol. The number of aliphatic hydroxyl groups is 1. The number of carbonyl (C=O) groups excluding carboxylic acids is 3. The van der Waals surface area contributed by atoms with Gasteiger partial charge in [0, 0.05) is 0 Å². The lowest BCUT2D eigenvalue weighted by molar-refractivity contribution is -0.297. The second-order valence-electron chi connectivity index (χ2n) is 13.2. The van der Waals surface area contributed by atoms with Gasteiger partial charge in [-0.05, 0) is 15.4 Å². The maximum Gasteiger partial charge on any atom is 0.308 e. The van der Waals surface area contributed by atoms with Crippen LogP contribution in [0.2, 0.25) is 5.04 Å². The Hall–Kier alpha value is -3.05. The van der Waals surface area contributed by atoms with Gasteiger partial charge in [0.05, 0.1) is 24.4 Å². The summed E-state index contributed by atoms with van der Waals surface area (Å²) in [7, 11) is -3.07. The largest absolute Gasteiger partial charge is 0.455 e. The van der Waals surface area contributed by atoms with E-state index in [0.717, 1.165) is 10.4 Å². The van der Waals surface area contributed by atoms with Crippen LogP contribution < -0.4 is 10.4 Å². The molecule has 3 rings (SSSR count). The van der Waals surface area contributed by atoms with Crippen molar-refractivity contribution in [3.63, 3.8) is 0 Å². The standard InChI is InChI=1S/C34H48O9Si/c1-21(2)30(35)41-27-26(40-33(38)29(43-32(37)23(5)6)28(27)42-31(36)22(3)4)20-39-44(34(7,8)9,24-16-12-10-13-17-24)25-18-14-11-15-19-25/h10-19,21-23,26-29,33,38H,20H2,1-9H3/t26-,27-,28+,29-,33?/m1/s1. The summed E-state index contributed by atoms with van der Waals surface area (Å²) in [4.78, 5) is 38.6. The van der Waals surface area contributed by atoms with E-state index in [1.54, 1.807) is 41.5 Å². The number of aliphatic hydroxyl groups excluding tert-OH is 1. The molecule has 1 unspecified atom stereocenters. The first-order chi connectivity index (χ1) is 20.6. The molecule has 1 aliphatic heterocycles. The number of rotatable bonds is 11. The Morgan fingerprint density at radius 2 is 1.09 bits per heavy atom. The van der Waals surface area contributed by atoms with E-state index in [1.165, 1.54) is 0 Å². The third kappa shape index (κ3) is 7.96. The van der Waals surface area contributed by atoms with Crippen molar-refractivity contribution in [2.24, 2.45) is 17.8 Å². The molecule has 1 aliphatic rings. The van der Waals surface area contributed by atoms with Crippen LogP contribution in [0.25, 0.3) is 0 Å². The zero-order valence-corrected chi connectivity index (χ0v) is 28.3. The third-order valence-electron chi connectivity index (χ3n) is 7.66. The Morgan fingerprint density at radius 3 is 1.48 bits per heavy atom. The van der Waals surface area contributed by atoms with Crippen LogP contribution in [-0.2, 0) is 37.8 Å². The lowest BCUT2D eigenvalue weighted by Gasteiger charge is -2.47. The lowest BCUT2D eigenvalue weighted by Crippen LogP contribution is -2.69. The molecular weight excluding hydrogens is 580 g/mol. The minimum atomic E-state index is -3.07. The summed E-state index contributed by atoms with van der Waals surface area (Å²) in [6, 6.07) is 20.0. The van der Waals surface area contributed by atoms with E-state index < -0.39 is 74.7 Å². The van der Waals surface area contributed by atoms with Crippen LogP contribution in [0.1, 0.15) is 62.3 Å². The van der Waals surface area contributed by atoms with Crippen LogP contribution in [0.15, 0.2) is 60.7 Å². The molecule has 0 bridgehead atoms. The van der Waals surface area contributed by atoms with Crippen molar-refractivity contribution in [1.82, 2.24) is 0 Å². The highest BCUT2D eigenvalue weighted by Gasteiger charge is 2.55. The Labute approximate surface area is 262 Å². The maximum atomic E-state index is 13.0. The highest BCUT2D eigenvalue weighted by atomic mass is 28.4. The Bertz CT molecular complexity index is 1200. The van der Waals surface area contributed by atoms with Gasteiger partial charge < -0.3 is 28.5 Å². The summed E-state index contributed by atoms with van der Waals surface area (Å²) in [6.45, 7) is 16.2. The Balaban J connectivity index is 2.12. The van der Waals surface area contributed by atoms with E-state index in [-0.39, 0.29) is 11.6 Å². The van der Waals surface area contributed by atoms with Gasteiger partial charge in [0.1, 0.15) is 6.10 Å². The zero-order chi connectivity index (χ0) is 32.8. The quantitative estimate of drug-likeness (QED) is 0.224. The number of esters is 3. The molecule has 9 nitrogen and oxygen atoms in total. The molecule has 0 aromatic heterocycles. The summed E-state index contributed by atoms with van der Waals surface area (Å²) in [5, 5.41) is 12.9. The third-order valence-corrected chi connectivity index (χ3v) is 12.7. The number of hydrogen-bond acceptors (Lipinski definition) is 9. The van der Waals surface area contributed by atoms with Crippen molar-refractivity contribution in [1.29, 1.82) is 0 Å². The van der Waals surface area contributed by atoms with Crippen molar-refractivity contribution in [2.75, 3.05) is 6.61 Å². The normalized spacial score (nSPS) is 22.6. The molecule has 0 radical (unpaired) electrons. The molecule has 2 aromatic rings. The number of hydrogen-bond donors (Lipinski definition) is 1. The molecule has 0 aliphatic carbocycles. The average Bonchev–Trinajstić information content (AvgIpc) is 2.96. The van der Waals surface area contributed by atoms with Crippen LogP contribution in [0.5, 0.6) is 0 Å². The maximum absolute atomic E-state index is 13.0. The summed E-state index contributed by atoms with van der Waals surface area (Å²) >= 11 is 0. The van der Waals surface area contributed by atoms with E-state index in [4.69, 9.17) is 23.4 Å². The minimum absolute atomic E-state index is 0.110. The fourth-order valence-electron chi connectivity index (χ4n) is 5.21. The van der Waals surface area contributed by atoms with Gasteiger partial charge in [0.2, 0.25) is 0 Å². The van der Waals surface area contributed by atoms with Gasteiger partial charge >= 0.3 is 17.9 Å². The van der Waals surface area contributed by atoms with Crippen LogP contribution in [-0.4, -0.2) is 68.6 Å². The van der Waals surface area contributed by atoms with Crippen molar-refractivity contribution in [2.45, 2.75) is 98.1 Å². The SMILES string of the molecule is CC(C)C(=O)O[C@H]1[C@H](OC(=O)C(C)C)[C@@H](OC(=O)C(C)C)C(O)O[C@@H]1CO[Si](c1ccccc1)(c1ccccc1)C(C)(C)C. The summed E-state index contributed by atoms with van der Waals surface area (Å²) in [5.74, 6) is -3.38. The molecular formula is C34H48O9Si. The Kier molecular flexibility index (Phi) is 11.9. The Morgan fingerprint density at radius 1 is 0.705 bits per heavy atom. The van der Waals surface area contributed by atoms with Gasteiger partial charge in [-0.25, -0.2) is 0 Å². The van der Waals surface area contributed by atoms with Gasteiger partial charge in [-0.1, -0.05) is 123 Å². The van der Waals surface area contributed by atoms with Crippen molar-refractivity contribution in [3.8, 4) is 0 Å². The van der Waals surface area contributed by atoms with Gasteiger partial charge in [-0.3, -0.25) is 14.4 Å². The molecule has 1 heterocycles. The average molecular weight is 629 g/mol. The molecule has 0 amide bonds. The fourth-order valence-corrected chi connectivity index (χ4v) is 9.78. The van der Waals surface area contributed by atoms with Crippen LogP contribution in [0.3, 0.4) is 0 Å². The van der Waals surface area contributed by atoms with Crippen molar-refractivity contribution in [3.05, 3.63) is 60.7 Å². The molecule has 1 saturated heterocycles. The molecule has 5 atom stereocenters. The molecule has 0 spiro atoms. The molecule has 242 valence electrons. The topological polar surface area (TPSA) is 118 Å². The van der Waals surface area contributed by atoms with Gasteiger partial charge in [-0.2, -0.15) is 0 Å². The van der Waals surface area contributed by atoms with Gasteiger partial charge in [0.15, 0.2) is 24.6 Å². The highest BCUT2D eigenvalue weighted by Crippen LogP contribution is 2.38. The van der Waals surface area contributed by atoms with Gasteiger partial charge in [0.25, 0.3) is 8.32 Å². The predicted molar refractivity (Wildman–Crippen MR) is 169 cm³/mol. The van der Waals surface area contributed by atoms with Gasteiger partial charge in [-0.15, -0.1) is 0 Å². The predicted octanol–water partition coefficient (Wildman–Crippen LogP) is 3.98. The molecule has 44 heavy (non-hydrogen) atoms.